The highest BCUT2D eigenvalue weighted by molar-refractivity contribution is 7.90. The number of rotatable bonds is 6. The third kappa shape index (κ3) is 4.91. The van der Waals surface area contributed by atoms with Crippen molar-refractivity contribution in [1.82, 2.24) is 15.3 Å². The van der Waals surface area contributed by atoms with E-state index in [9.17, 15) is 8.42 Å². The first-order chi connectivity index (χ1) is 16.4. The molecule has 0 atom stereocenters. The molecule has 0 unspecified atom stereocenters. The van der Waals surface area contributed by atoms with Gasteiger partial charge in [0.2, 0.25) is 5.95 Å². The molecule has 4 aromatic rings. The molecule has 1 N–H and O–H groups in total. The predicted octanol–water partition coefficient (Wildman–Crippen LogP) is 4.30. The van der Waals surface area contributed by atoms with E-state index in [2.05, 4.69) is 52.7 Å². The molecule has 2 heterocycles. The normalized spacial score (nSPS) is 15.3. The fraction of sp³-hybridized carbons (Fsp3) is 0.333. The van der Waals surface area contributed by atoms with Crippen LogP contribution in [-0.2, 0) is 16.3 Å². The van der Waals surface area contributed by atoms with Crippen LogP contribution < -0.4 is 10.2 Å². The zero-order chi connectivity index (χ0) is 23.7. The Hall–Kier alpha value is -3.03. The van der Waals surface area contributed by atoms with Gasteiger partial charge in [-0.1, -0.05) is 42.5 Å². The second-order valence-electron chi connectivity index (χ2n) is 9.21. The van der Waals surface area contributed by atoms with Crippen molar-refractivity contribution in [2.24, 2.45) is 0 Å². The zero-order valence-electron chi connectivity index (χ0n) is 19.7. The standard InChI is InChI=1S/C27H30N4O2S/c1-19-25-10-9-24(34(2,32)33)18-26(25)30-27(29-19)31-15-12-23(13-16-31)28-14-11-20-7-8-21-5-3-4-6-22(21)17-20/h3-10,17-18,23,28H,11-16H2,1-2H3. The van der Waals surface area contributed by atoms with E-state index in [1.54, 1.807) is 18.2 Å². The number of nitrogens with one attached hydrogen (secondary N) is 1. The summed E-state index contributed by atoms with van der Waals surface area (Å²) in [6, 6.07) is 20.8. The summed E-state index contributed by atoms with van der Waals surface area (Å²) in [7, 11) is -3.27. The molecule has 34 heavy (non-hydrogen) atoms. The van der Waals surface area contributed by atoms with Crippen molar-refractivity contribution in [3.8, 4) is 0 Å². The highest BCUT2D eigenvalue weighted by Gasteiger charge is 2.21. The highest BCUT2D eigenvalue weighted by Crippen LogP contribution is 2.24. The number of fused-ring (bicyclic) bond motifs is 2. The molecule has 3 aromatic carbocycles. The smallest absolute Gasteiger partial charge is 0.226 e. The Morgan fingerprint density at radius 2 is 1.74 bits per heavy atom. The lowest BCUT2D eigenvalue weighted by Gasteiger charge is -2.32. The molecule has 6 nitrogen and oxygen atoms in total. The van der Waals surface area contributed by atoms with E-state index < -0.39 is 9.84 Å². The first-order valence-corrected chi connectivity index (χ1v) is 13.7. The first-order valence-electron chi connectivity index (χ1n) is 11.8. The molecule has 0 aliphatic carbocycles. The van der Waals surface area contributed by atoms with Crippen LogP contribution in [0.5, 0.6) is 0 Å². The molecule has 5 rings (SSSR count). The summed E-state index contributed by atoms with van der Waals surface area (Å²) < 4.78 is 23.9. The topological polar surface area (TPSA) is 75.2 Å². The molecule has 1 aliphatic heterocycles. The summed E-state index contributed by atoms with van der Waals surface area (Å²) in [6.45, 7) is 4.67. The van der Waals surface area contributed by atoms with Gasteiger partial charge >= 0.3 is 0 Å². The molecule has 176 valence electrons. The fourth-order valence-electron chi connectivity index (χ4n) is 4.72. The van der Waals surface area contributed by atoms with Crippen molar-refractivity contribution >= 4 is 37.5 Å². The minimum Gasteiger partial charge on any atom is -0.341 e. The van der Waals surface area contributed by atoms with E-state index in [1.165, 1.54) is 22.6 Å². The molecule has 0 saturated carbocycles. The number of benzene rings is 3. The summed E-state index contributed by atoms with van der Waals surface area (Å²) in [5.41, 5.74) is 2.91. The lowest BCUT2D eigenvalue weighted by atomic mass is 10.0. The monoisotopic (exact) mass is 474 g/mol. The molecule has 1 aliphatic rings. The summed E-state index contributed by atoms with van der Waals surface area (Å²) in [6.07, 6.45) is 4.30. The molecule has 0 radical (unpaired) electrons. The largest absolute Gasteiger partial charge is 0.341 e. The minimum absolute atomic E-state index is 0.290. The number of anilines is 1. The average molecular weight is 475 g/mol. The van der Waals surface area contributed by atoms with Crippen LogP contribution >= 0.6 is 0 Å². The maximum atomic E-state index is 12.0. The lowest BCUT2D eigenvalue weighted by Crippen LogP contribution is -2.43. The lowest BCUT2D eigenvalue weighted by molar-refractivity contribution is 0.415. The van der Waals surface area contributed by atoms with Gasteiger partial charge in [-0.3, -0.25) is 0 Å². The van der Waals surface area contributed by atoms with Gasteiger partial charge in [-0.2, -0.15) is 0 Å². The number of hydrogen-bond acceptors (Lipinski definition) is 6. The van der Waals surface area contributed by atoms with E-state index >= 15 is 0 Å². The van der Waals surface area contributed by atoms with Crippen LogP contribution in [0.1, 0.15) is 24.1 Å². The van der Waals surface area contributed by atoms with Gasteiger partial charge in [0.1, 0.15) is 0 Å². The van der Waals surface area contributed by atoms with Crippen LogP contribution in [0.4, 0.5) is 5.95 Å². The predicted molar refractivity (Wildman–Crippen MR) is 138 cm³/mol. The quantitative estimate of drug-likeness (QED) is 0.449. The first kappa shape index (κ1) is 22.7. The maximum Gasteiger partial charge on any atom is 0.226 e. The van der Waals surface area contributed by atoms with Gasteiger partial charge in [-0.25, -0.2) is 18.4 Å². The van der Waals surface area contributed by atoms with E-state index in [0.29, 0.717) is 22.4 Å². The minimum atomic E-state index is -3.27. The van der Waals surface area contributed by atoms with Gasteiger partial charge in [0.15, 0.2) is 9.84 Å². The summed E-state index contributed by atoms with van der Waals surface area (Å²) in [5, 5.41) is 7.19. The Bertz CT molecular complexity index is 1440. The second-order valence-corrected chi connectivity index (χ2v) is 11.2. The third-order valence-corrected chi connectivity index (χ3v) is 7.82. The molecular formula is C27H30N4O2S. The van der Waals surface area contributed by atoms with Crippen LogP contribution in [0.15, 0.2) is 65.6 Å². The van der Waals surface area contributed by atoms with Crippen molar-refractivity contribution < 1.29 is 8.42 Å². The molecule has 7 heteroatoms. The number of aryl methyl sites for hydroxylation is 1. The summed E-state index contributed by atoms with van der Waals surface area (Å²) in [4.78, 5) is 11.9. The highest BCUT2D eigenvalue weighted by atomic mass is 32.2. The molecular weight excluding hydrogens is 444 g/mol. The van der Waals surface area contributed by atoms with Gasteiger partial charge in [0.25, 0.3) is 0 Å². The van der Waals surface area contributed by atoms with Crippen molar-refractivity contribution in [3.63, 3.8) is 0 Å². The number of aromatic nitrogens is 2. The van der Waals surface area contributed by atoms with Gasteiger partial charge in [-0.15, -0.1) is 0 Å². The van der Waals surface area contributed by atoms with Crippen LogP contribution in [0.25, 0.3) is 21.7 Å². The van der Waals surface area contributed by atoms with E-state index in [0.717, 1.165) is 50.0 Å². The Kier molecular flexibility index (Phi) is 6.23. The van der Waals surface area contributed by atoms with Crippen LogP contribution in [0.3, 0.4) is 0 Å². The average Bonchev–Trinajstić information content (AvgIpc) is 2.83. The number of piperidine rings is 1. The van der Waals surface area contributed by atoms with Gasteiger partial charge in [-0.05, 0) is 67.3 Å². The Balaban J connectivity index is 1.19. The molecule has 1 fully saturated rings. The van der Waals surface area contributed by atoms with Gasteiger partial charge in [0, 0.05) is 30.8 Å². The molecule has 0 bridgehead atoms. The summed E-state index contributed by atoms with van der Waals surface area (Å²) >= 11 is 0. The van der Waals surface area contributed by atoms with E-state index in [4.69, 9.17) is 9.97 Å². The van der Waals surface area contributed by atoms with Crippen molar-refractivity contribution in [2.75, 3.05) is 30.8 Å². The maximum absolute atomic E-state index is 12.0. The van der Waals surface area contributed by atoms with E-state index in [-0.39, 0.29) is 0 Å². The molecule has 0 amide bonds. The van der Waals surface area contributed by atoms with Gasteiger partial charge < -0.3 is 10.2 Å². The van der Waals surface area contributed by atoms with Crippen LogP contribution in [0, 0.1) is 6.92 Å². The van der Waals surface area contributed by atoms with Crippen molar-refractivity contribution in [1.29, 1.82) is 0 Å². The molecule has 1 saturated heterocycles. The number of sulfone groups is 1. The SMILES string of the molecule is Cc1nc(N2CCC(NCCc3ccc4ccccc4c3)CC2)nc2cc(S(C)(=O)=O)ccc12. The Morgan fingerprint density at radius 1 is 0.971 bits per heavy atom. The Morgan fingerprint density at radius 3 is 2.50 bits per heavy atom. The number of hydrogen-bond donors (Lipinski definition) is 1. The zero-order valence-corrected chi connectivity index (χ0v) is 20.5. The third-order valence-electron chi connectivity index (χ3n) is 6.71. The number of nitrogens with zero attached hydrogens (tertiary/aromatic N) is 3. The van der Waals surface area contributed by atoms with Crippen LogP contribution in [0.2, 0.25) is 0 Å². The van der Waals surface area contributed by atoms with E-state index in [1.807, 2.05) is 6.92 Å². The molecule has 1 aromatic heterocycles. The van der Waals surface area contributed by atoms with Crippen LogP contribution in [-0.4, -0.2) is 50.3 Å². The Labute approximate surface area is 201 Å². The fourth-order valence-corrected chi connectivity index (χ4v) is 5.36. The van der Waals surface area contributed by atoms with Crippen molar-refractivity contribution in [2.45, 2.75) is 37.1 Å². The summed E-state index contributed by atoms with van der Waals surface area (Å²) in [5.74, 6) is 0.685. The second kappa shape index (κ2) is 9.31. The van der Waals surface area contributed by atoms with Crippen molar-refractivity contribution in [3.05, 3.63) is 71.9 Å². The van der Waals surface area contributed by atoms with Gasteiger partial charge in [0.05, 0.1) is 16.1 Å². The molecule has 0 spiro atoms.